The van der Waals surface area contributed by atoms with E-state index < -0.39 is 0 Å². The highest BCUT2D eigenvalue weighted by atomic mass is 79.9. The summed E-state index contributed by atoms with van der Waals surface area (Å²) in [6.45, 7) is 5.83. The zero-order valence-corrected chi connectivity index (χ0v) is 12.4. The number of hydrogen-bond donors (Lipinski definition) is 0. The van der Waals surface area contributed by atoms with E-state index in [2.05, 4.69) is 47.1 Å². The van der Waals surface area contributed by atoms with E-state index in [1.54, 1.807) is 12.1 Å². The van der Waals surface area contributed by atoms with Gasteiger partial charge in [-0.2, -0.15) is 5.11 Å². The Morgan fingerprint density at radius 3 is 2.38 bits per heavy atom. The molecule has 16 heavy (non-hydrogen) atoms. The van der Waals surface area contributed by atoms with E-state index >= 15 is 0 Å². The first-order valence-corrected chi connectivity index (χ1v) is 6.19. The Bertz CT molecular complexity index is 469. The molecule has 0 saturated carbocycles. The van der Waals surface area contributed by atoms with Crippen molar-refractivity contribution in [2.45, 2.75) is 26.3 Å². The third-order valence-corrected chi connectivity index (χ3v) is 2.63. The fourth-order valence-corrected chi connectivity index (χ4v) is 2.21. The van der Waals surface area contributed by atoms with Crippen molar-refractivity contribution in [1.29, 1.82) is 5.39 Å². The molecule has 0 heterocycles. The summed E-state index contributed by atoms with van der Waals surface area (Å²) >= 11 is 6.63. The highest BCUT2D eigenvalue weighted by molar-refractivity contribution is 9.11. The van der Waals surface area contributed by atoms with Crippen molar-refractivity contribution in [2.24, 2.45) is 10.2 Å². The zero-order valence-electron chi connectivity index (χ0n) is 9.20. The van der Waals surface area contributed by atoms with Gasteiger partial charge in [-0.05, 0) is 48.8 Å². The van der Waals surface area contributed by atoms with Crippen LogP contribution in [0.4, 0.5) is 11.4 Å². The Morgan fingerprint density at radius 2 is 1.88 bits per heavy atom. The Hall–Kier alpha value is -0.800. The van der Waals surface area contributed by atoms with Gasteiger partial charge in [0.2, 0.25) is 5.39 Å². The Balaban J connectivity index is 3.24. The smallest absolute Gasteiger partial charge is 0.183 e. The second-order valence-corrected chi connectivity index (χ2v) is 6.00. The van der Waals surface area contributed by atoms with Crippen molar-refractivity contribution in [3.63, 3.8) is 0 Å². The average molecular weight is 347 g/mol. The van der Waals surface area contributed by atoms with Gasteiger partial charge in [0.25, 0.3) is 0 Å². The summed E-state index contributed by atoms with van der Waals surface area (Å²) in [5.41, 5.74) is 0.622. The van der Waals surface area contributed by atoms with Crippen molar-refractivity contribution < 1.29 is 0 Å². The van der Waals surface area contributed by atoms with Gasteiger partial charge in [0.05, 0.1) is 5.54 Å². The molecular formula is C10H11Br2N4+. The number of azo groups is 1. The molecule has 6 heteroatoms. The minimum absolute atomic E-state index is 0.262. The van der Waals surface area contributed by atoms with Crippen molar-refractivity contribution in [1.82, 2.24) is 0 Å². The summed E-state index contributed by atoms with van der Waals surface area (Å²) in [7, 11) is 0. The summed E-state index contributed by atoms with van der Waals surface area (Å²) in [5.74, 6) is 0. The lowest BCUT2D eigenvalue weighted by atomic mass is 10.1. The summed E-state index contributed by atoms with van der Waals surface area (Å²) < 4.78 is 1.50. The molecular weight excluding hydrogens is 336 g/mol. The summed E-state index contributed by atoms with van der Waals surface area (Å²) in [6.07, 6.45) is 0. The maximum atomic E-state index is 8.90. The maximum Gasteiger partial charge on any atom is 0.426 e. The molecule has 0 aliphatic heterocycles. The van der Waals surface area contributed by atoms with Gasteiger partial charge >= 0.3 is 5.69 Å². The lowest BCUT2D eigenvalue weighted by molar-refractivity contribution is 0.552. The number of halogens is 2. The van der Waals surface area contributed by atoms with Crippen LogP contribution in [0.25, 0.3) is 4.98 Å². The first kappa shape index (κ1) is 13.3. The van der Waals surface area contributed by atoms with E-state index in [1.165, 1.54) is 0 Å². The maximum absolute atomic E-state index is 8.90. The molecule has 4 nitrogen and oxygen atoms in total. The SMILES string of the molecule is CC(C)(C)N=Nc1cc(Br)cc(Br)c1[N+]#N. The van der Waals surface area contributed by atoms with Crippen LogP contribution in [0.3, 0.4) is 0 Å². The van der Waals surface area contributed by atoms with E-state index in [1.807, 2.05) is 20.8 Å². The largest absolute Gasteiger partial charge is 0.426 e. The van der Waals surface area contributed by atoms with E-state index in [9.17, 15) is 0 Å². The highest BCUT2D eigenvalue weighted by Crippen LogP contribution is 2.39. The van der Waals surface area contributed by atoms with E-state index in [0.29, 0.717) is 15.8 Å². The van der Waals surface area contributed by atoms with Gasteiger partial charge in [0, 0.05) is 4.47 Å². The van der Waals surface area contributed by atoms with Crippen LogP contribution in [-0.2, 0) is 0 Å². The molecule has 0 saturated heterocycles. The monoisotopic (exact) mass is 345 g/mol. The average Bonchev–Trinajstić information content (AvgIpc) is 2.12. The van der Waals surface area contributed by atoms with Crippen molar-refractivity contribution in [3.05, 3.63) is 26.1 Å². The molecule has 0 unspecified atom stereocenters. The third-order valence-electron chi connectivity index (χ3n) is 1.57. The number of rotatable bonds is 1. The molecule has 0 aliphatic rings. The minimum atomic E-state index is -0.262. The van der Waals surface area contributed by atoms with Crippen LogP contribution in [-0.4, -0.2) is 5.54 Å². The molecule has 0 fully saturated rings. The topological polar surface area (TPSA) is 52.9 Å². The zero-order chi connectivity index (χ0) is 12.3. The van der Waals surface area contributed by atoms with Crippen LogP contribution in [0.5, 0.6) is 0 Å². The minimum Gasteiger partial charge on any atom is -0.183 e. The third kappa shape index (κ3) is 3.65. The normalized spacial score (nSPS) is 11.8. The van der Waals surface area contributed by atoms with Crippen LogP contribution in [0.15, 0.2) is 31.3 Å². The Kier molecular flexibility index (Phi) is 4.16. The second kappa shape index (κ2) is 5.02. The lowest BCUT2D eigenvalue weighted by Crippen LogP contribution is -2.07. The summed E-state index contributed by atoms with van der Waals surface area (Å²) in [5, 5.41) is 17.1. The highest BCUT2D eigenvalue weighted by Gasteiger charge is 2.20. The number of hydrogen-bond acceptors (Lipinski definition) is 3. The molecule has 1 rings (SSSR count). The molecule has 0 atom stereocenters. The molecule has 0 amide bonds. The molecule has 0 aromatic heterocycles. The van der Waals surface area contributed by atoms with Crippen molar-refractivity contribution in [3.8, 4) is 0 Å². The molecule has 0 bridgehead atoms. The molecule has 0 aliphatic carbocycles. The van der Waals surface area contributed by atoms with Crippen molar-refractivity contribution >= 4 is 43.2 Å². The fourth-order valence-electron chi connectivity index (χ4n) is 0.931. The van der Waals surface area contributed by atoms with Crippen LogP contribution >= 0.6 is 31.9 Å². The van der Waals surface area contributed by atoms with Gasteiger partial charge in [0.1, 0.15) is 4.47 Å². The van der Waals surface area contributed by atoms with E-state index in [0.717, 1.165) is 4.47 Å². The van der Waals surface area contributed by atoms with Crippen molar-refractivity contribution in [2.75, 3.05) is 0 Å². The van der Waals surface area contributed by atoms with Crippen LogP contribution in [0, 0.1) is 5.39 Å². The van der Waals surface area contributed by atoms with Gasteiger partial charge < -0.3 is 0 Å². The quantitative estimate of drug-likeness (QED) is 0.483. The number of nitrogens with zero attached hydrogens (tertiary/aromatic N) is 4. The molecule has 0 radical (unpaired) electrons. The van der Waals surface area contributed by atoms with Gasteiger partial charge in [-0.15, -0.1) is 5.11 Å². The Morgan fingerprint density at radius 1 is 1.25 bits per heavy atom. The molecule has 1 aromatic rings. The van der Waals surface area contributed by atoms with Gasteiger partial charge in [0.15, 0.2) is 10.7 Å². The Labute approximate surface area is 111 Å². The molecule has 0 N–H and O–H groups in total. The summed E-state index contributed by atoms with van der Waals surface area (Å²) in [4.78, 5) is 3.19. The molecule has 1 aromatic carbocycles. The van der Waals surface area contributed by atoms with Crippen LogP contribution in [0.2, 0.25) is 0 Å². The van der Waals surface area contributed by atoms with Crippen LogP contribution in [0.1, 0.15) is 20.8 Å². The van der Waals surface area contributed by atoms with Gasteiger partial charge in [-0.25, -0.2) is 0 Å². The van der Waals surface area contributed by atoms with Gasteiger partial charge in [-0.1, -0.05) is 15.9 Å². The second-order valence-electron chi connectivity index (χ2n) is 4.23. The first-order valence-electron chi connectivity index (χ1n) is 4.60. The summed E-state index contributed by atoms with van der Waals surface area (Å²) in [6, 6.07) is 3.53. The van der Waals surface area contributed by atoms with Gasteiger partial charge in [-0.3, -0.25) is 0 Å². The fraction of sp³-hybridized carbons (Fsp3) is 0.400. The molecule has 84 valence electrons. The number of diazo groups is 1. The standard InChI is InChI=1S/C10H11Br2N4/c1-10(2,3)16-15-8-5-6(11)4-7(12)9(8)14-13/h4-5H,1-3H3/q+1. The number of benzene rings is 1. The van der Waals surface area contributed by atoms with E-state index in [4.69, 9.17) is 5.39 Å². The first-order chi connectivity index (χ1) is 7.33. The predicted octanol–water partition coefficient (Wildman–Crippen LogP) is 5.58. The van der Waals surface area contributed by atoms with Crippen LogP contribution < -0.4 is 0 Å². The lowest BCUT2D eigenvalue weighted by Gasteiger charge is -2.08. The van der Waals surface area contributed by atoms with E-state index in [-0.39, 0.29) is 5.54 Å². The molecule has 0 spiro atoms. The predicted molar refractivity (Wildman–Crippen MR) is 70.9 cm³/mol.